The van der Waals surface area contributed by atoms with Crippen LogP contribution in [0.5, 0.6) is 5.75 Å². The maximum Gasteiger partial charge on any atom is 0.310 e. The van der Waals surface area contributed by atoms with Gasteiger partial charge in [0.2, 0.25) is 0 Å². The second kappa shape index (κ2) is 9.08. The molecule has 1 fully saturated rings. The van der Waals surface area contributed by atoms with Gasteiger partial charge in [-0.15, -0.1) is 0 Å². The molecule has 1 aromatic rings. The highest BCUT2D eigenvalue weighted by atomic mass is 79.9. The van der Waals surface area contributed by atoms with E-state index in [9.17, 15) is 4.79 Å². The van der Waals surface area contributed by atoms with Crippen molar-refractivity contribution >= 4 is 27.9 Å². The summed E-state index contributed by atoms with van der Waals surface area (Å²) in [6, 6.07) is 5.93. The minimum absolute atomic E-state index is 0.107. The van der Waals surface area contributed by atoms with Crippen molar-refractivity contribution in [3.05, 3.63) is 28.2 Å². The molecule has 2 unspecified atom stereocenters. The number of nitrogens with one attached hydrogen (secondary N) is 1. The molecular weight excluding hydrogens is 386 g/mol. The van der Waals surface area contributed by atoms with Gasteiger partial charge in [-0.2, -0.15) is 0 Å². The number of likely N-dealkylation sites (tertiary alicyclic amines) is 1. The van der Waals surface area contributed by atoms with E-state index in [-0.39, 0.29) is 17.8 Å². The van der Waals surface area contributed by atoms with Crippen molar-refractivity contribution in [3.63, 3.8) is 0 Å². The monoisotopic (exact) mass is 411 g/mol. The predicted octanol–water partition coefficient (Wildman–Crippen LogP) is 2.66. The van der Waals surface area contributed by atoms with E-state index in [4.69, 9.17) is 14.5 Å². The van der Waals surface area contributed by atoms with E-state index in [0.717, 1.165) is 34.8 Å². The smallest absolute Gasteiger partial charge is 0.310 e. The third-order valence-corrected chi connectivity index (χ3v) is 5.00. The lowest BCUT2D eigenvalue weighted by Gasteiger charge is -2.21. The van der Waals surface area contributed by atoms with Crippen molar-refractivity contribution in [1.82, 2.24) is 10.2 Å². The van der Waals surface area contributed by atoms with Crippen molar-refractivity contribution in [2.75, 3.05) is 33.9 Å². The highest BCUT2D eigenvalue weighted by Crippen LogP contribution is 2.26. The largest absolute Gasteiger partial charge is 0.496 e. The topological polar surface area (TPSA) is 63.2 Å². The molecule has 1 aliphatic rings. The average molecular weight is 412 g/mol. The lowest BCUT2D eigenvalue weighted by Crippen LogP contribution is -2.40. The van der Waals surface area contributed by atoms with Crippen LogP contribution in [-0.2, 0) is 16.1 Å². The third kappa shape index (κ3) is 4.87. The lowest BCUT2D eigenvalue weighted by molar-refractivity contribution is -0.145. The molecule has 2 rings (SSSR count). The second-order valence-corrected chi connectivity index (χ2v) is 7.01. The molecule has 0 amide bonds. The fourth-order valence-electron chi connectivity index (χ4n) is 3.00. The molecule has 1 aliphatic heterocycles. The molecule has 1 saturated heterocycles. The van der Waals surface area contributed by atoms with Crippen molar-refractivity contribution in [3.8, 4) is 5.75 Å². The van der Waals surface area contributed by atoms with Gasteiger partial charge in [0.15, 0.2) is 5.96 Å². The zero-order chi connectivity index (χ0) is 18.4. The molecule has 0 radical (unpaired) electrons. The quantitative estimate of drug-likeness (QED) is 0.458. The molecule has 0 aliphatic carbocycles. The van der Waals surface area contributed by atoms with Crippen LogP contribution >= 0.6 is 15.9 Å². The number of rotatable bonds is 5. The number of esters is 1. The van der Waals surface area contributed by atoms with Gasteiger partial charge in [0.05, 0.1) is 31.2 Å². The highest BCUT2D eigenvalue weighted by Gasteiger charge is 2.36. The van der Waals surface area contributed by atoms with Crippen LogP contribution in [-0.4, -0.2) is 50.7 Å². The van der Waals surface area contributed by atoms with E-state index in [1.165, 1.54) is 7.11 Å². The second-order valence-electron chi connectivity index (χ2n) is 6.15. The maximum atomic E-state index is 11.9. The summed E-state index contributed by atoms with van der Waals surface area (Å²) < 4.78 is 11.1. The standard InChI is InChI=1S/C18H26BrN3O3/c1-5-20-18(22-10-12(2)14(11-22)17(23)25-4)21-9-13-6-7-16(24-3)15(19)8-13/h6-8,12,14H,5,9-11H2,1-4H3,(H,20,21). The average Bonchev–Trinajstić information content (AvgIpc) is 2.99. The van der Waals surface area contributed by atoms with E-state index >= 15 is 0 Å². The molecule has 25 heavy (non-hydrogen) atoms. The zero-order valence-electron chi connectivity index (χ0n) is 15.2. The Morgan fingerprint density at radius 2 is 2.16 bits per heavy atom. The molecule has 1 heterocycles. The Kier molecular flexibility index (Phi) is 7.11. The molecule has 1 N–H and O–H groups in total. The van der Waals surface area contributed by atoms with Crippen LogP contribution in [0.15, 0.2) is 27.7 Å². The summed E-state index contributed by atoms with van der Waals surface area (Å²) in [5.41, 5.74) is 1.08. The molecule has 7 heteroatoms. The van der Waals surface area contributed by atoms with Gasteiger partial charge in [-0.25, -0.2) is 4.99 Å². The molecule has 1 aromatic carbocycles. The van der Waals surface area contributed by atoms with Crippen LogP contribution in [0, 0.1) is 11.8 Å². The highest BCUT2D eigenvalue weighted by molar-refractivity contribution is 9.10. The number of guanidine groups is 1. The number of carbonyl (C=O) groups is 1. The molecule has 6 nitrogen and oxygen atoms in total. The van der Waals surface area contributed by atoms with Crippen molar-refractivity contribution in [2.45, 2.75) is 20.4 Å². The first-order valence-corrected chi connectivity index (χ1v) is 9.22. The fourth-order valence-corrected chi connectivity index (χ4v) is 3.59. The lowest BCUT2D eigenvalue weighted by atomic mass is 9.99. The molecule has 0 bridgehead atoms. The summed E-state index contributed by atoms with van der Waals surface area (Å²) in [7, 11) is 3.09. The van der Waals surface area contributed by atoms with Crippen LogP contribution in [0.3, 0.4) is 0 Å². The Labute approximate surface area is 157 Å². The van der Waals surface area contributed by atoms with E-state index < -0.39 is 0 Å². The van der Waals surface area contributed by atoms with Crippen LogP contribution in [0.4, 0.5) is 0 Å². The minimum atomic E-state index is -0.148. The molecule has 0 spiro atoms. The number of carbonyl (C=O) groups excluding carboxylic acids is 1. The first-order valence-electron chi connectivity index (χ1n) is 8.43. The van der Waals surface area contributed by atoms with Crippen LogP contribution in [0.25, 0.3) is 0 Å². The van der Waals surface area contributed by atoms with Crippen molar-refractivity contribution < 1.29 is 14.3 Å². The fraction of sp³-hybridized carbons (Fsp3) is 0.556. The molecule has 0 saturated carbocycles. The van der Waals surface area contributed by atoms with Gasteiger partial charge in [-0.05, 0) is 46.5 Å². The van der Waals surface area contributed by atoms with Gasteiger partial charge in [0.25, 0.3) is 0 Å². The minimum Gasteiger partial charge on any atom is -0.496 e. The van der Waals surface area contributed by atoms with Gasteiger partial charge in [0, 0.05) is 19.6 Å². The number of benzene rings is 1. The molecule has 138 valence electrons. The summed E-state index contributed by atoms with van der Waals surface area (Å²) >= 11 is 3.50. The van der Waals surface area contributed by atoms with Crippen molar-refractivity contribution in [1.29, 1.82) is 0 Å². The molecule has 0 aromatic heterocycles. The van der Waals surface area contributed by atoms with E-state index in [2.05, 4.69) is 33.1 Å². The van der Waals surface area contributed by atoms with Crippen LogP contribution in [0.2, 0.25) is 0 Å². The Hall–Kier alpha value is -1.76. The summed E-state index contributed by atoms with van der Waals surface area (Å²) in [6.07, 6.45) is 0. The number of hydrogen-bond donors (Lipinski definition) is 1. The summed E-state index contributed by atoms with van der Waals surface area (Å²) in [6.45, 7) is 6.87. The summed E-state index contributed by atoms with van der Waals surface area (Å²) in [5, 5.41) is 3.32. The summed E-state index contributed by atoms with van der Waals surface area (Å²) in [4.78, 5) is 18.8. The van der Waals surface area contributed by atoms with Gasteiger partial charge >= 0.3 is 5.97 Å². The Bertz CT molecular complexity index is 636. The number of nitrogens with zero attached hydrogens (tertiary/aromatic N) is 2. The number of halogens is 1. The maximum absolute atomic E-state index is 11.9. The zero-order valence-corrected chi connectivity index (χ0v) is 16.8. The molecular formula is C18H26BrN3O3. The Balaban J connectivity index is 2.11. The van der Waals surface area contributed by atoms with Crippen molar-refractivity contribution in [2.24, 2.45) is 16.8 Å². The van der Waals surface area contributed by atoms with Crippen LogP contribution in [0.1, 0.15) is 19.4 Å². The number of hydrogen-bond acceptors (Lipinski definition) is 4. The SMILES string of the molecule is CCNC(=NCc1ccc(OC)c(Br)c1)N1CC(C)C(C(=O)OC)C1. The first-order chi connectivity index (χ1) is 12.0. The van der Waals surface area contributed by atoms with Gasteiger partial charge in [0.1, 0.15) is 5.75 Å². The number of ether oxygens (including phenoxy) is 2. The van der Waals surface area contributed by atoms with E-state index in [1.54, 1.807) is 7.11 Å². The Morgan fingerprint density at radius 1 is 1.40 bits per heavy atom. The number of aliphatic imine (C=N–C) groups is 1. The summed E-state index contributed by atoms with van der Waals surface area (Å²) in [5.74, 6) is 1.61. The van der Waals surface area contributed by atoms with E-state index in [0.29, 0.717) is 13.1 Å². The van der Waals surface area contributed by atoms with Gasteiger partial charge < -0.3 is 19.7 Å². The van der Waals surface area contributed by atoms with Gasteiger partial charge in [-0.3, -0.25) is 4.79 Å². The van der Waals surface area contributed by atoms with Crippen LogP contribution < -0.4 is 10.1 Å². The number of methoxy groups -OCH3 is 2. The third-order valence-electron chi connectivity index (χ3n) is 4.38. The van der Waals surface area contributed by atoms with Gasteiger partial charge in [-0.1, -0.05) is 13.0 Å². The molecule has 2 atom stereocenters. The first kappa shape index (κ1) is 19.6. The predicted molar refractivity (Wildman–Crippen MR) is 102 cm³/mol. The Morgan fingerprint density at radius 3 is 2.76 bits per heavy atom. The normalized spacial score (nSPS) is 20.5. The van der Waals surface area contributed by atoms with E-state index in [1.807, 2.05) is 25.1 Å².